The molecule has 2 unspecified atom stereocenters. The molecular weight excluding hydrogens is 403 g/mol. The number of halogens is 2. The van der Waals surface area contributed by atoms with E-state index >= 15 is 0 Å². The second-order valence-electron chi connectivity index (χ2n) is 8.50. The van der Waals surface area contributed by atoms with E-state index in [4.69, 9.17) is 22.1 Å². The summed E-state index contributed by atoms with van der Waals surface area (Å²) in [6, 6.07) is 8.45. The molecule has 0 amide bonds. The Morgan fingerprint density at radius 3 is 2.77 bits per heavy atom. The number of piperidine rings is 1. The van der Waals surface area contributed by atoms with Crippen molar-refractivity contribution in [2.75, 3.05) is 32.5 Å². The molecule has 2 aromatic carbocycles. The van der Waals surface area contributed by atoms with Crippen molar-refractivity contribution in [1.29, 1.82) is 0 Å². The van der Waals surface area contributed by atoms with Crippen molar-refractivity contribution < 1.29 is 9.13 Å². The van der Waals surface area contributed by atoms with E-state index < -0.39 is 5.82 Å². The molecule has 0 bridgehead atoms. The Morgan fingerprint density at radius 1 is 1.20 bits per heavy atom. The van der Waals surface area contributed by atoms with E-state index in [1.54, 1.807) is 12.1 Å². The molecule has 2 atom stereocenters. The van der Waals surface area contributed by atoms with E-state index in [0.717, 1.165) is 46.3 Å². The number of anilines is 1. The van der Waals surface area contributed by atoms with Crippen molar-refractivity contribution >= 4 is 28.2 Å². The fraction of sp³-hybridized carbons (Fsp3) is 0.391. The number of benzene rings is 2. The molecule has 3 aromatic rings. The summed E-state index contributed by atoms with van der Waals surface area (Å²) < 4.78 is 19.5. The van der Waals surface area contributed by atoms with Crippen molar-refractivity contribution in [1.82, 2.24) is 14.9 Å². The summed E-state index contributed by atoms with van der Waals surface area (Å²) in [6.07, 6.45) is 3.11. The molecular formula is C23H24ClFN4O. The molecule has 2 fully saturated rings. The predicted molar refractivity (Wildman–Crippen MR) is 116 cm³/mol. The molecule has 7 heteroatoms. The van der Waals surface area contributed by atoms with Crippen molar-refractivity contribution in [2.24, 2.45) is 17.8 Å². The number of nitrogen functional groups attached to an aromatic ring is 1. The van der Waals surface area contributed by atoms with Gasteiger partial charge in [-0.3, -0.25) is 0 Å². The molecule has 1 aromatic heterocycles. The summed E-state index contributed by atoms with van der Waals surface area (Å²) in [5.74, 6) is 2.73. The molecule has 1 saturated carbocycles. The van der Waals surface area contributed by atoms with Crippen molar-refractivity contribution in [3.05, 3.63) is 58.8 Å². The zero-order valence-electron chi connectivity index (χ0n) is 16.8. The number of hydrogen-bond acceptors (Lipinski definition) is 5. The first kappa shape index (κ1) is 19.5. The molecule has 5 rings (SSSR count). The lowest BCUT2D eigenvalue weighted by Crippen LogP contribution is -2.19. The lowest BCUT2D eigenvalue weighted by atomic mass is 10.0. The number of fused-ring (bicyclic) bond motifs is 2. The van der Waals surface area contributed by atoms with Crippen LogP contribution in [-0.2, 0) is 6.42 Å². The highest BCUT2D eigenvalue weighted by Crippen LogP contribution is 2.53. The third-order valence-electron chi connectivity index (χ3n) is 6.47. The Bertz CT molecular complexity index is 1100. The average Bonchev–Trinajstić information content (AvgIpc) is 3.17. The quantitative estimate of drug-likeness (QED) is 0.599. The fourth-order valence-corrected chi connectivity index (χ4v) is 5.06. The third-order valence-corrected chi connectivity index (χ3v) is 6.76. The van der Waals surface area contributed by atoms with Crippen molar-refractivity contribution in [3.8, 4) is 5.75 Å². The summed E-state index contributed by atoms with van der Waals surface area (Å²) >= 11 is 5.91. The van der Waals surface area contributed by atoms with Gasteiger partial charge in [-0.25, -0.2) is 14.4 Å². The molecule has 1 aliphatic carbocycles. The zero-order valence-corrected chi connectivity index (χ0v) is 17.6. The van der Waals surface area contributed by atoms with Crippen LogP contribution in [0.1, 0.15) is 17.7 Å². The summed E-state index contributed by atoms with van der Waals surface area (Å²) in [5, 5.41) is 0.968. The van der Waals surface area contributed by atoms with Crippen LogP contribution < -0.4 is 10.5 Å². The van der Waals surface area contributed by atoms with Crippen LogP contribution in [0, 0.1) is 23.6 Å². The van der Waals surface area contributed by atoms with Gasteiger partial charge in [-0.1, -0.05) is 17.7 Å². The van der Waals surface area contributed by atoms with Crippen LogP contribution in [0.3, 0.4) is 0 Å². The number of aromatic nitrogens is 2. The summed E-state index contributed by atoms with van der Waals surface area (Å²) in [7, 11) is 2.19. The van der Waals surface area contributed by atoms with Gasteiger partial charge >= 0.3 is 0 Å². The zero-order chi connectivity index (χ0) is 20.8. The Morgan fingerprint density at radius 2 is 2.00 bits per heavy atom. The van der Waals surface area contributed by atoms with Gasteiger partial charge in [0.25, 0.3) is 0 Å². The standard InChI is InChI=1S/C23H24ClFN4O/c1-29-10-16-14(17(16)11-29)4-5-30-23-9-22-15(8-20(23)26)21(27-12-28-22)7-13-2-3-19(25)18(24)6-13/h2-3,6,8-9,12,14,16-17H,4-5,7,10-11,26H2,1H3. The van der Waals surface area contributed by atoms with Gasteiger partial charge in [-0.05, 0) is 55.0 Å². The highest BCUT2D eigenvalue weighted by atomic mass is 35.5. The van der Waals surface area contributed by atoms with E-state index in [1.165, 1.54) is 25.5 Å². The molecule has 2 aliphatic rings. The van der Waals surface area contributed by atoms with E-state index in [-0.39, 0.29) is 5.02 Å². The van der Waals surface area contributed by atoms with Crippen LogP contribution in [-0.4, -0.2) is 41.6 Å². The van der Waals surface area contributed by atoms with Gasteiger partial charge in [-0.15, -0.1) is 0 Å². The first-order valence-corrected chi connectivity index (χ1v) is 10.7. The third kappa shape index (κ3) is 3.70. The second-order valence-corrected chi connectivity index (χ2v) is 8.91. The van der Waals surface area contributed by atoms with E-state index in [1.807, 2.05) is 12.1 Å². The number of nitrogens with two attached hydrogens (primary N) is 1. The summed E-state index contributed by atoms with van der Waals surface area (Å²) in [5.41, 5.74) is 9.32. The molecule has 0 spiro atoms. The maximum atomic E-state index is 13.4. The normalized spacial score (nSPS) is 23.0. The van der Waals surface area contributed by atoms with Gasteiger partial charge in [0, 0.05) is 31.0 Å². The number of nitrogens with zero attached hydrogens (tertiary/aromatic N) is 3. The van der Waals surface area contributed by atoms with Gasteiger partial charge in [0.2, 0.25) is 0 Å². The Hall–Kier alpha value is -2.44. The minimum atomic E-state index is -0.430. The van der Waals surface area contributed by atoms with E-state index in [9.17, 15) is 4.39 Å². The van der Waals surface area contributed by atoms with E-state index in [0.29, 0.717) is 24.5 Å². The average molecular weight is 427 g/mol. The highest BCUT2D eigenvalue weighted by Gasteiger charge is 2.53. The first-order chi connectivity index (χ1) is 14.5. The predicted octanol–water partition coefficient (Wildman–Crippen LogP) is 4.17. The Kier molecular flexibility index (Phi) is 4.99. The van der Waals surface area contributed by atoms with Crippen LogP contribution in [0.2, 0.25) is 5.02 Å². The lowest BCUT2D eigenvalue weighted by molar-refractivity contribution is 0.276. The lowest BCUT2D eigenvalue weighted by Gasteiger charge is -2.14. The minimum absolute atomic E-state index is 0.104. The number of likely N-dealkylation sites (tertiary alicyclic amines) is 1. The molecule has 1 saturated heterocycles. The molecule has 0 radical (unpaired) electrons. The number of hydrogen-bond donors (Lipinski definition) is 1. The van der Waals surface area contributed by atoms with Crippen molar-refractivity contribution in [2.45, 2.75) is 12.8 Å². The maximum Gasteiger partial charge on any atom is 0.144 e. The molecule has 1 aliphatic heterocycles. The van der Waals surface area contributed by atoms with Gasteiger partial charge < -0.3 is 15.4 Å². The number of rotatable bonds is 6. The van der Waals surface area contributed by atoms with Gasteiger partial charge in [-0.2, -0.15) is 0 Å². The SMILES string of the molecule is CN1CC2C(CCOc3cc4ncnc(Cc5ccc(F)c(Cl)c5)c4cc3N)C2C1. The summed E-state index contributed by atoms with van der Waals surface area (Å²) in [6.45, 7) is 3.10. The largest absolute Gasteiger partial charge is 0.491 e. The smallest absolute Gasteiger partial charge is 0.144 e. The van der Waals surface area contributed by atoms with Crippen LogP contribution in [0.15, 0.2) is 36.7 Å². The topological polar surface area (TPSA) is 64.3 Å². The van der Waals surface area contributed by atoms with E-state index in [2.05, 4.69) is 21.9 Å². The van der Waals surface area contributed by atoms with Crippen LogP contribution in [0.4, 0.5) is 10.1 Å². The van der Waals surface area contributed by atoms with Gasteiger partial charge in [0.05, 0.1) is 28.5 Å². The molecule has 5 nitrogen and oxygen atoms in total. The summed E-state index contributed by atoms with van der Waals surface area (Å²) in [4.78, 5) is 11.2. The number of ether oxygens (including phenoxy) is 1. The first-order valence-electron chi connectivity index (χ1n) is 10.3. The monoisotopic (exact) mass is 426 g/mol. The van der Waals surface area contributed by atoms with Gasteiger partial charge in [0.15, 0.2) is 0 Å². The second kappa shape index (κ2) is 7.67. The van der Waals surface area contributed by atoms with Gasteiger partial charge in [0.1, 0.15) is 17.9 Å². The Balaban J connectivity index is 1.30. The Labute approximate surface area is 180 Å². The molecule has 30 heavy (non-hydrogen) atoms. The maximum absolute atomic E-state index is 13.4. The molecule has 2 heterocycles. The van der Waals surface area contributed by atoms with Crippen LogP contribution >= 0.6 is 11.6 Å². The van der Waals surface area contributed by atoms with Crippen LogP contribution in [0.25, 0.3) is 10.9 Å². The highest BCUT2D eigenvalue weighted by molar-refractivity contribution is 6.30. The molecule has 2 N–H and O–H groups in total. The van der Waals surface area contributed by atoms with Crippen LogP contribution in [0.5, 0.6) is 5.75 Å². The van der Waals surface area contributed by atoms with Crippen molar-refractivity contribution in [3.63, 3.8) is 0 Å². The minimum Gasteiger partial charge on any atom is -0.491 e. The fourth-order valence-electron chi connectivity index (χ4n) is 4.86. The molecule has 156 valence electrons.